The number of rotatable bonds is 5. The van der Waals surface area contributed by atoms with Gasteiger partial charge >= 0.3 is 5.97 Å². The van der Waals surface area contributed by atoms with Gasteiger partial charge < -0.3 is 9.47 Å². The van der Waals surface area contributed by atoms with Crippen LogP contribution < -0.4 is 4.74 Å². The zero-order valence-corrected chi connectivity index (χ0v) is 12.0. The SMILES string of the molecule is CC(Oc1cccc(C#N)c1)C(=O)OCc1ccccc1F. The second-order valence-electron chi connectivity index (χ2n) is 4.60. The number of nitriles is 1. The molecule has 0 bridgehead atoms. The van der Waals surface area contributed by atoms with E-state index < -0.39 is 17.9 Å². The summed E-state index contributed by atoms with van der Waals surface area (Å²) in [7, 11) is 0. The van der Waals surface area contributed by atoms with Crippen LogP contribution in [0.2, 0.25) is 0 Å². The first-order valence-corrected chi connectivity index (χ1v) is 6.67. The molecule has 2 aromatic rings. The molecule has 1 unspecified atom stereocenters. The molecular formula is C17H14FNO3. The number of carbonyl (C=O) groups is 1. The van der Waals surface area contributed by atoms with Crippen molar-refractivity contribution in [2.45, 2.75) is 19.6 Å². The predicted molar refractivity (Wildman–Crippen MR) is 77.4 cm³/mol. The maximum absolute atomic E-state index is 13.4. The van der Waals surface area contributed by atoms with Gasteiger partial charge in [0.25, 0.3) is 0 Å². The molecule has 0 aliphatic heterocycles. The standard InChI is InChI=1S/C17H14FNO3/c1-12(22-15-7-4-5-13(9-15)10-19)17(20)21-11-14-6-2-3-8-16(14)18/h2-9,12H,11H2,1H3. The van der Waals surface area contributed by atoms with E-state index in [0.29, 0.717) is 16.9 Å². The summed E-state index contributed by atoms with van der Waals surface area (Å²) in [6.45, 7) is 1.38. The van der Waals surface area contributed by atoms with Gasteiger partial charge in [-0.1, -0.05) is 24.3 Å². The second-order valence-corrected chi connectivity index (χ2v) is 4.60. The lowest BCUT2D eigenvalue weighted by Crippen LogP contribution is -2.26. The van der Waals surface area contributed by atoms with Crippen molar-refractivity contribution in [1.82, 2.24) is 0 Å². The number of ether oxygens (including phenoxy) is 2. The van der Waals surface area contributed by atoms with E-state index in [-0.39, 0.29) is 6.61 Å². The highest BCUT2D eigenvalue weighted by Gasteiger charge is 2.17. The Morgan fingerprint density at radius 1 is 1.27 bits per heavy atom. The Morgan fingerprint density at radius 3 is 2.77 bits per heavy atom. The van der Waals surface area contributed by atoms with Gasteiger partial charge in [0.2, 0.25) is 0 Å². The lowest BCUT2D eigenvalue weighted by atomic mass is 10.2. The van der Waals surface area contributed by atoms with E-state index in [9.17, 15) is 9.18 Å². The highest BCUT2D eigenvalue weighted by molar-refractivity contribution is 5.74. The minimum Gasteiger partial charge on any atom is -0.479 e. The van der Waals surface area contributed by atoms with E-state index in [0.717, 1.165) is 0 Å². The van der Waals surface area contributed by atoms with Crippen molar-refractivity contribution >= 4 is 5.97 Å². The summed E-state index contributed by atoms with van der Waals surface area (Å²) in [5.41, 5.74) is 0.735. The largest absolute Gasteiger partial charge is 0.479 e. The van der Waals surface area contributed by atoms with Crippen molar-refractivity contribution in [3.8, 4) is 11.8 Å². The monoisotopic (exact) mass is 299 g/mol. The molecule has 2 aromatic carbocycles. The highest BCUT2D eigenvalue weighted by Crippen LogP contribution is 2.15. The van der Waals surface area contributed by atoms with Crippen molar-refractivity contribution < 1.29 is 18.7 Å². The van der Waals surface area contributed by atoms with Crippen LogP contribution in [0.5, 0.6) is 5.75 Å². The lowest BCUT2D eigenvalue weighted by Gasteiger charge is -2.14. The summed E-state index contributed by atoms with van der Waals surface area (Å²) in [5, 5.41) is 8.81. The van der Waals surface area contributed by atoms with Crippen molar-refractivity contribution in [2.24, 2.45) is 0 Å². The molecule has 0 radical (unpaired) electrons. The fourth-order valence-corrected chi connectivity index (χ4v) is 1.77. The number of halogens is 1. The fourth-order valence-electron chi connectivity index (χ4n) is 1.77. The van der Waals surface area contributed by atoms with Gasteiger partial charge in [-0.05, 0) is 31.2 Å². The van der Waals surface area contributed by atoms with E-state index in [1.54, 1.807) is 36.4 Å². The maximum Gasteiger partial charge on any atom is 0.347 e. The van der Waals surface area contributed by atoms with Crippen molar-refractivity contribution in [2.75, 3.05) is 0 Å². The number of benzene rings is 2. The number of carbonyl (C=O) groups excluding carboxylic acids is 1. The molecule has 0 amide bonds. The molecule has 0 heterocycles. The predicted octanol–water partition coefficient (Wildman–Crippen LogP) is 3.21. The van der Waals surface area contributed by atoms with Gasteiger partial charge in [-0.3, -0.25) is 0 Å². The molecule has 0 fully saturated rings. The zero-order chi connectivity index (χ0) is 15.9. The van der Waals surface area contributed by atoms with Crippen LogP contribution in [0.25, 0.3) is 0 Å². The number of nitrogens with zero attached hydrogens (tertiary/aromatic N) is 1. The third-order valence-corrected chi connectivity index (χ3v) is 2.94. The van der Waals surface area contributed by atoms with Crippen LogP contribution in [0.15, 0.2) is 48.5 Å². The Bertz CT molecular complexity index is 709. The molecule has 0 spiro atoms. The number of esters is 1. The first-order valence-electron chi connectivity index (χ1n) is 6.67. The van der Waals surface area contributed by atoms with E-state index in [1.165, 1.54) is 19.1 Å². The van der Waals surface area contributed by atoms with Crippen LogP contribution in [-0.2, 0) is 16.1 Å². The topological polar surface area (TPSA) is 59.3 Å². The Kier molecular flexibility index (Phi) is 5.10. The Labute approximate surface area is 127 Å². The normalized spacial score (nSPS) is 11.3. The molecule has 0 aliphatic carbocycles. The highest BCUT2D eigenvalue weighted by atomic mass is 19.1. The average molecular weight is 299 g/mol. The van der Waals surface area contributed by atoms with Crippen LogP contribution in [0, 0.1) is 17.1 Å². The second kappa shape index (κ2) is 7.23. The van der Waals surface area contributed by atoms with E-state index in [4.69, 9.17) is 14.7 Å². The van der Waals surface area contributed by atoms with Crippen molar-refractivity contribution in [3.63, 3.8) is 0 Å². The maximum atomic E-state index is 13.4. The molecule has 22 heavy (non-hydrogen) atoms. The Morgan fingerprint density at radius 2 is 2.05 bits per heavy atom. The van der Waals surface area contributed by atoms with E-state index in [2.05, 4.69) is 0 Å². The molecular weight excluding hydrogens is 285 g/mol. The molecule has 0 aromatic heterocycles. The van der Waals surface area contributed by atoms with Gasteiger partial charge in [-0.2, -0.15) is 5.26 Å². The third kappa shape index (κ3) is 4.06. The van der Waals surface area contributed by atoms with Gasteiger partial charge in [0, 0.05) is 5.56 Å². The molecule has 2 rings (SSSR count). The first-order chi connectivity index (χ1) is 10.6. The minimum absolute atomic E-state index is 0.155. The van der Waals surface area contributed by atoms with Crippen molar-refractivity contribution in [3.05, 3.63) is 65.5 Å². The molecule has 0 N–H and O–H groups in total. The van der Waals surface area contributed by atoms with Gasteiger partial charge in [0.15, 0.2) is 6.10 Å². The van der Waals surface area contributed by atoms with Gasteiger partial charge in [-0.25, -0.2) is 9.18 Å². The van der Waals surface area contributed by atoms with Gasteiger partial charge in [0.1, 0.15) is 18.2 Å². The summed E-state index contributed by atoms with van der Waals surface area (Å²) < 4.78 is 23.9. The molecule has 0 aliphatic rings. The molecule has 5 heteroatoms. The van der Waals surface area contributed by atoms with E-state index >= 15 is 0 Å². The summed E-state index contributed by atoms with van der Waals surface area (Å²) in [5.74, 6) is -0.634. The smallest absolute Gasteiger partial charge is 0.347 e. The Hall–Kier alpha value is -2.87. The molecule has 4 nitrogen and oxygen atoms in total. The zero-order valence-electron chi connectivity index (χ0n) is 12.0. The first kappa shape index (κ1) is 15.5. The van der Waals surface area contributed by atoms with Crippen molar-refractivity contribution in [1.29, 1.82) is 5.26 Å². The van der Waals surface area contributed by atoms with E-state index in [1.807, 2.05) is 6.07 Å². The number of hydrogen-bond acceptors (Lipinski definition) is 4. The molecule has 112 valence electrons. The van der Waals surface area contributed by atoms with Crippen LogP contribution in [-0.4, -0.2) is 12.1 Å². The lowest BCUT2D eigenvalue weighted by molar-refractivity contribution is -0.152. The minimum atomic E-state index is -0.860. The quantitative estimate of drug-likeness (QED) is 0.795. The van der Waals surface area contributed by atoms with Crippen LogP contribution in [0.1, 0.15) is 18.1 Å². The molecule has 0 saturated carbocycles. The fraction of sp³-hybridized carbons (Fsp3) is 0.176. The third-order valence-electron chi connectivity index (χ3n) is 2.94. The van der Waals surface area contributed by atoms with Crippen LogP contribution in [0.4, 0.5) is 4.39 Å². The summed E-state index contributed by atoms with van der Waals surface area (Å²) >= 11 is 0. The Balaban J connectivity index is 1.92. The summed E-state index contributed by atoms with van der Waals surface area (Å²) in [6.07, 6.45) is -0.860. The average Bonchev–Trinajstić information content (AvgIpc) is 2.54. The molecule has 1 atom stereocenters. The van der Waals surface area contributed by atoms with Gasteiger partial charge in [0.05, 0.1) is 11.6 Å². The number of hydrogen-bond donors (Lipinski definition) is 0. The summed E-state index contributed by atoms with van der Waals surface area (Å²) in [6, 6.07) is 14.5. The summed E-state index contributed by atoms with van der Waals surface area (Å²) in [4.78, 5) is 11.9. The molecule has 0 saturated heterocycles. The van der Waals surface area contributed by atoms with Crippen LogP contribution in [0.3, 0.4) is 0 Å². The van der Waals surface area contributed by atoms with Crippen LogP contribution >= 0.6 is 0 Å². The van der Waals surface area contributed by atoms with Gasteiger partial charge in [-0.15, -0.1) is 0 Å².